The van der Waals surface area contributed by atoms with Gasteiger partial charge in [-0.2, -0.15) is 15.3 Å². The Balaban J connectivity index is 1.58. The van der Waals surface area contributed by atoms with Crippen LogP contribution in [-0.4, -0.2) is 54.4 Å². The van der Waals surface area contributed by atoms with Crippen LogP contribution in [0.3, 0.4) is 0 Å². The molecule has 0 spiro atoms. The van der Waals surface area contributed by atoms with Crippen LogP contribution in [0.15, 0.2) is 16.4 Å². The summed E-state index contributed by atoms with van der Waals surface area (Å²) in [6.45, 7) is 1.23. The third-order valence-electron chi connectivity index (χ3n) is 4.94. The molecular weight excluding hydrogens is 368 g/mol. The van der Waals surface area contributed by atoms with E-state index in [0.717, 1.165) is 24.8 Å². The number of aromatic amines is 1. The zero-order valence-corrected chi connectivity index (χ0v) is 16.1. The molecule has 0 bridgehead atoms. The number of aromatic nitrogens is 2. The summed E-state index contributed by atoms with van der Waals surface area (Å²) in [7, 11) is -3.39. The van der Waals surface area contributed by atoms with Crippen LogP contribution < -0.4 is 4.72 Å². The number of carbonyl (C=O) groups is 1. The second-order valence-electron chi connectivity index (χ2n) is 7.14. The van der Waals surface area contributed by atoms with Crippen LogP contribution in [0.5, 0.6) is 0 Å². The van der Waals surface area contributed by atoms with Crippen LogP contribution in [0.1, 0.15) is 50.1 Å². The van der Waals surface area contributed by atoms with Gasteiger partial charge < -0.3 is 4.90 Å². The van der Waals surface area contributed by atoms with Crippen molar-refractivity contribution in [2.75, 3.05) is 24.1 Å². The summed E-state index contributed by atoms with van der Waals surface area (Å²) in [6.07, 6.45) is 11.8. The van der Waals surface area contributed by atoms with Crippen molar-refractivity contribution >= 4 is 21.6 Å². The van der Waals surface area contributed by atoms with E-state index in [1.54, 1.807) is 0 Å². The maximum absolute atomic E-state index is 12.6. The summed E-state index contributed by atoms with van der Waals surface area (Å²) in [4.78, 5) is 14.5. The Morgan fingerprint density at radius 3 is 2.93 bits per heavy atom. The zero-order chi connectivity index (χ0) is 19.5. The number of piperidine rings is 1. The van der Waals surface area contributed by atoms with Crippen LogP contribution in [0.2, 0.25) is 0 Å². The average Bonchev–Trinajstić information content (AvgIpc) is 3.26. The number of sulfonamides is 1. The molecule has 27 heavy (non-hydrogen) atoms. The summed E-state index contributed by atoms with van der Waals surface area (Å²) >= 11 is 0. The fourth-order valence-corrected chi connectivity index (χ4v) is 4.02. The lowest BCUT2D eigenvalue weighted by molar-refractivity contribution is -0.132. The molecule has 1 atom stereocenters. The Morgan fingerprint density at radius 1 is 1.48 bits per heavy atom. The Morgan fingerprint density at radius 2 is 2.26 bits per heavy atom. The van der Waals surface area contributed by atoms with Gasteiger partial charge in [0.25, 0.3) is 0 Å². The first-order valence-corrected chi connectivity index (χ1v) is 10.9. The number of terminal acetylenes is 1. The molecule has 2 aliphatic rings. The van der Waals surface area contributed by atoms with Gasteiger partial charge >= 0.3 is 0 Å². The van der Waals surface area contributed by atoms with Gasteiger partial charge in [0.1, 0.15) is 0 Å². The molecule has 0 aliphatic carbocycles. The molecule has 10 heteroatoms. The lowest BCUT2D eigenvalue weighted by atomic mass is 9.93. The molecule has 2 N–H and O–H groups in total. The Kier molecular flexibility index (Phi) is 5.51. The molecule has 0 aromatic carbocycles. The molecule has 1 amide bonds. The SMILES string of the molecule is C#CCCC1(CCC(=O)N2CCCC(c3[nH]ncc3NS(C)(=O)=O)C2)N=N1. The van der Waals surface area contributed by atoms with Crippen molar-refractivity contribution < 1.29 is 13.2 Å². The molecule has 1 aromatic heterocycles. The molecule has 3 heterocycles. The Bertz CT molecular complexity index is 863. The second-order valence-corrected chi connectivity index (χ2v) is 8.89. The minimum Gasteiger partial charge on any atom is -0.342 e. The first-order valence-electron chi connectivity index (χ1n) is 8.98. The standard InChI is InChI=1S/C17H24N6O3S/c1-3-4-8-17(21-22-17)9-7-15(24)23-10-5-6-13(12-23)16-14(11-18-19-16)20-27(2,25)26/h1,11,13,20H,4-10,12H2,2H3,(H,18,19). The van der Waals surface area contributed by atoms with Crippen molar-refractivity contribution in [2.45, 2.75) is 50.1 Å². The molecule has 1 unspecified atom stereocenters. The number of rotatable bonds is 8. The van der Waals surface area contributed by atoms with E-state index in [-0.39, 0.29) is 11.8 Å². The van der Waals surface area contributed by atoms with Gasteiger partial charge in [-0.05, 0) is 12.8 Å². The lowest BCUT2D eigenvalue weighted by Crippen LogP contribution is -2.39. The molecule has 0 radical (unpaired) electrons. The average molecular weight is 392 g/mol. The predicted molar refractivity (Wildman–Crippen MR) is 100 cm³/mol. The van der Waals surface area contributed by atoms with Crippen molar-refractivity contribution in [1.29, 1.82) is 0 Å². The zero-order valence-electron chi connectivity index (χ0n) is 15.3. The highest BCUT2D eigenvalue weighted by Crippen LogP contribution is 2.38. The van der Waals surface area contributed by atoms with Crippen molar-refractivity contribution in [2.24, 2.45) is 10.2 Å². The van der Waals surface area contributed by atoms with Gasteiger partial charge in [0.2, 0.25) is 15.9 Å². The van der Waals surface area contributed by atoms with E-state index in [1.807, 2.05) is 4.90 Å². The summed E-state index contributed by atoms with van der Waals surface area (Å²) in [5, 5.41) is 15.0. The van der Waals surface area contributed by atoms with E-state index >= 15 is 0 Å². The maximum Gasteiger partial charge on any atom is 0.229 e. The number of likely N-dealkylation sites (tertiary alicyclic amines) is 1. The number of nitrogens with one attached hydrogen (secondary N) is 2. The van der Waals surface area contributed by atoms with Gasteiger partial charge in [0, 0.05) is 44.7 Å². The summed E-state index contributed by atoms with van der Waals surface area (Å²) in [6, 6.07) is 0. The Hall–Kier alpha value is -2.41. The fraction of sp³-hybridized carbons (Fsp3) is 0.647. The lowest BCUT2D eigenvalue weighted by Gasteiger charge is -2.33. The van der Waals surface area contributed by atoms with Gasteiger partial charge in [0.05, 0.1) is 23.8 Å². The molecule has 1 fully saturated rings. The highest BCUT2D eigenvalue weighted by Gasteiger charge is 2.40. The van der Waals surface area contributed by atoms with Crippen molar-refractivity contribution in [3.8, 4) is 12.3 Å². The predicted octanol–water partition coefficient (Wildman–Crippen LogP) is 1.84. The van der Waals surface area contributed by atoms with Gasteiger partial charge in [-0.1, -0.05) is 0 Å². The molecular formula is C17H24N6O3S. The number of carbonyl (C=O) groups excluding carboxylic acids is 1. The van der Waals surface area contributed by atoms with Crippen molar-refractivity contribution in [3.63, 3.8) is 0 Å². The minimum absolute atomic E-state index is 0.0140. The number of anilines is 1. The molecule has 2 aliphatic heterocycles. The van der Waals surface area contributed by atoms with Gasteiger partial charge in [-0.3, -0.25) is 14.6 Å². The number of hydrogen-bond acceptors (Lipinski definition) is 6. The van der Waals surface area contributed by atoms with Crippen molar-refractivity contribution in [1.82, 2.24) is 15.1 Å². The quantitative estimate of drug-likeness (QED) is 0.656. The summed E-state index contributed by atoms with van der Waals surface area (Å²) in [5.41, 5.74) is 0.712. The third kappa shape index (κ3) is 5.07. The van der Waals surface area contributed by atoms with E-state index in [1.165, 1.54) is 6.20 Å². The van der Waals surface area contributed by atoms with E-state index in [4.69, 9.17) is 6.42 Å². The highest BCUT2D eigenvalue weighted by atomic mass is 32.2. The van der Waals surface area contributed by atoms with Crippen LogP contribution in [0.25, 0.3) is 0 Å². The number of H-pyrrole nitrogens is 1. The minimum atomic E-state index is -3.39. The second kappa shape index (κ2) is 7.68. The monoisotopic (exact) mass is 392 g/mol. The molecule has 146 valence electrons. The Labute approximate surface area is 159 Å². The first-order chi connectivity index (χ1) is 12.8. The van der Waals surface area contributed by atoms with Crippen molar-refractivity contribution in [3.05, 3.63) is 11.9 Å². The number of amides is 1. The van der Waals surface area contributed by atoms with E-state index in [9.17, 15) is 13.2 Å². The number of hydrogen-bond donors (Lipinski definition) is 2. The van der Waals surface area contributed by atoms with E-state index in [2.05, 4.69) is 31.1 Å². The normalized spacial score (nSPS) is 20.9. The molecule has 1 saturated heterocycles. The van der Waals surface area contributed by atoms with Gasteiger partial charge in [-0.15, -0.1) is 12.3 Å². The van der Waals surface area contributed by atoms with Gasteiger partial charge in [0.15, 0.2) is 5.66 Å². The molecule has 3 rings (SSSR count). The summed E-state index contributed by atoms with van der Waals surface area (Å²) < 4.78 is 25.5. The van der Waals surface area contributed by atoms with Crippen LogP contribution >= 0.6 is 0 Å². The molecule has 0 saturated carbocycles. The molecule has 9 nitrogen and oxygen atoms in total. The van der Waals surface area contributed by atoms with E-state index < -0.39 is 15.7 Å². The first kappa shape index (κ1) is 19.4. The van der Waals surface area contributed by atoms with Gasteiger partial charge in [-0.25, -0.2) is 8.42 Å². The smallest absolute Gasteiger partial charge is 0.229 e. The molecule has 1 aromatic rings. The topological polar surface area (TPSA) is 120 Å². The summed E-state index contributed by atoms with van der Waals surface area (Å²) in [5.74, 6) is 2.66. The fourth-order valence-electron chi connectivity index (χ4n) is 3.46. The van der Waals surface area contributed by atoms with Crippen LogP contribution in [0, 0.1) is 12.3 Å². The maximum atomic E-state index is 12.6. The van der Waals surface area contributed by atoms with Crippen LogP contribution in [0.4, 0.5) is 5.69 Å². The van der Waals surface area contributed by atoms with E-state index in [0.29, 0.717) is 44.5 Å². The number of nitrogens with zero attached hydrogens (tertiary/aromatic N) is 4. The third-order valence-corrected chi connectivity index (χ3v) is 5.53. The van der Waals surface area contributed by atoms with Crippen LogP contribution in [-0.2, 0) is 14.8 Å². The largest absolute Gasteiger partial charge is 0.342 e. The highest BCUT2D eigenvalue weighted by molar-refractivity contribution is 7.92.